The molecule has 0 aromatic rings. The Balaban J connectivity index is 1.90. The van der Waals surface area contributed by atoms with Crippen molar-refractivity contribution in [2.24, 2.45) is 5.92 Å². The molecule has 0 amide bonds. The lowest BCUT2D eigenvalue weighted by molar-refractivity contribution is -0.125. The van der Waals surface area contributed by atoms with Gasteiger partial charge in [0.2, 0.25) is 0 Å². The zero-order valence-electron chi connectivity index (χ0n) is 10.2. The van der Waals surface area contributed by atoms with Crippen molar-refractivity contribution < 1.29 is 9.53 Å². The number of fused-ring (bicyclic) bond motifs is 2. The van der Waals surface area contributed by atoms with Crippen molar-refractivity contribution in [2.45, 2.75) is 45.2 Å². The number of allylic oxidation sites excluding steroid dienone is 2. The van der Waals surface area contributed by atoms with Crippen LogP contribution in [-0.4, -0.2) is 31.1 Å². The number of hydrogen-bond donors (Lipinski definition) is 1. The van der Waals surface area contributed by atoms with Crippen LogP contribution in [0.2, 0.25) is 0 Å². The molecule has 2 unspecified atom stereocenters. The third kappa shape index (κ3) is 2.92. The van der Waals surface area contributed by atoms with E-state index >= 15 is 0 Å². The monoisotopic (exact) mass is 223 g/mol. The highest BCUT2D eigenvalue weighted by molar-refractivity contribution is 5.82. The van der Waals surface area contributed by atoms with E-state index in [1.807, 2.05) is 19.9 Å². The minimum Gasteiger partial charge on any atom is -0.378 e. The summed E-state index contributed by atoms with van der Waals surface area (Å²) in [4.78, 5) is 12.0. The van der Waals surface area contributed by atoms with Gasteiger partial charge < -0.3 is 10.1 Å². The summed E-state index contributed by atoms with van der Waals surface area (Å²) in [5, 5.41) is 3.51. The average molecular weight is 223 g/mol. The zero-order chi connectivity index (χ0) is 11.5. The van der Waals surface area contributed by atoms with E-state index in [0.29, 0.717) is 24.3 Å². The molecule has 1 N–H and O–H groups in total. The molecule has 2 rings (SSSR count). The van der Waals surface area contributed by atoms with E-state index < -0.39 is 0 Å². The quantitative estimate of drug-likeness (QED) is 0.740. The van der Waals surface area contributed by atoms with E-state index in [1.165, 1.54) is 5.57 Å². The van der Waals surface area contributed by atoms with Crippen molar-refractivity contribution >= 4 is 5.78 Å². The van der Waals surface area contributed by atoms with Crippen LogP contribution in [0.4, 0.5) is 0 Å². The van der Waals surface area contributed by atoms with Gasteiger partial charge in [-0.2, -0.15) is 0 Å². The molecule has 0 spiro atoms. The molecule has 0 saturated carbocycles. The molecule has 2 aliphatic rings. The topological polar surface area (TPSA) is 38.3 Å². The van der Waals surface area contributed by atoms with Gasteiger partial charge in [0.05, 0.1) is 13.2 Å². The van der Waals surface area contributed by atoms with Crippen molar-refractivity contribution in [1.82, 2.24) is 5.32 Å². The Morgan fingerprint density at radius 1 is 1.31 bits per heavy atom. The van der Waals surface area contributed by atoms with Crippen LogP contribution in [0.5, 0.6) is 0 Å². The highest BCUT2D eigenvalue weighted by Gasteiger charge is 2.34. The summed E-state index contributed by atoms with van der Waals surface area (Å²) >= 11 is 0. The first-order valence-electron chi connectivity index (χ1n) is 6.15. The molecule has 0 aromatic carbocycles. The van der Waals surface area contributed by atoms with E-state index in [0.717, 1.165) is 26.1 Å². The minimum atomic E-state index is 0.246. The number of rotatable bonds is 3. The average Bonchev–Trinajstić information content (AvgIpc) is 2.25. The molecule has 0 aliphatic carbocycles. The highest BCUT2D eigenvalue weighted by atomic mass is 16.5. The van der Waals surface area contributed by atoms with Crippen molar-refractivity contribution in [3.8, 4) is 0 Å². The highest BCUT2D eigenvalue weighted by Crippen LogP contribution is 2.25. The number of ether oxygens (including phenoxy) is 1. The lowest BCUT2D eigenvalue weighted by atomic mass is 9.83. The zero-order valence-corrected chi connectivity index (χ0v) is 10.2. The molecule has 3 heteroatoms. The largest absolute Gasteiger partial charge is 0.378 e. The molecule has 3 nitrogen and oxygen atoms in total. The SMILES string of the molecule is CC(C)=CCC(=O)C1CC2COCC(C1)N2. The number of carbonyl (C=O) groups is 1. The number of morpholine rings is 1. The lowest BCUT2D eigenvalue weighted by Crippen LogP contribution is -2.55. The Morgan fingerprint density at radius 2 is 1.94 bits per heavy atom. The van der Waals surface area contributed by atoms with Crippen LogP contribution in [0.1, 0.15) is 33.1 Å². The van der Waals surface area contributed by atoms with Crippen molar-refractivity contribution in [2.75, 3.05) is 13.2 Å². The molecule has 0 radical (unpaired) electrons. The second-order valence-corrected chi connectivity index (χ2v) is 5.22. The Morgan fingerprint density at radius 3 is 2.50 bits per heavy atom. The Labute approximate surface area is 97.2 Å². The van der Waals surface area contributed by atoms with E-state index in [1.54, 1.807) is 0 Å². The van der Waals surface area contributed by atoms with Gasteiger partial charge in [0.15, 0.2) is 0 Å². The standard InChI is InChI=1S/C13H21NO2/c1-9(2)3-4-13(15)10-5-11-7-16-8-12(6-10)14-11/h3,10-12,14H,4-8H2,1-2H3. The second-order valence-electron chi connectivity index (χ2n) is 5.22. The summed E-state index contributed by atoms with van der Waals surface area (Å²) in [5.74, 6) is 0.648. The van der Waals surface area contributed by atoms with Crippen LogP contribution in [0.15, 0.2) is 11.6 Å². The predicted molar refractivity (Wildman–Crippen MR) is 63.3 cm³/mol. The third-order valence-electron chi connectivity index (χ3n) is 3.41. The molecule has 2 heterocycles. The number of hydrogen-bond acceptors (Lipinski definition) is 3. The summed E-state index contributed by atoms with van der Waals surface area (Å²) in [6, 6.07) is 0.793. The maximum absolute atomic E-state index is 12.0. The molecule has 2 fully saturated rings. The molecule has 2 saturated heterocycles. The Bertz CT molecular complexity index is 282. The van der Waals surface area contributed by atoms with Crippen LogP contribution in [0.25, 0.3) is 0 Å². The normalized spacial score (nSPS) is 33.2. The Hall–Kier alpha value is -0.670. The molecule has 90 valence electrons. The minimum absolute atomic E-state index is 0.246. The van der Waals surface area contributed by atoms with E-state index in [9.17, 15) is 4.79 Å². The lowest BCUT2D eigenvalue weighted by Gasteiger charge is -2.39. The summed E-state index contributed by atoms with van der Waals surface area (Å²) in [5.41, 5.74) is 1.23. The first-order chi connectivity index (χ1) is 7.65. The van der Waals surface area contributed by atoms with E-state index in [2.05, 4.69) is 5.32 Å². The van der Waals surface area contributed by atoms with Gasteiger partial charge in [0.25, 0.3) is 0 Å². The molecule has 16 heavy (non-hydrogen) atoms. The fourth-order valence-corrected chi connectivity index (χ4v) is 2.57. The molecular weight excluding hydrogens is 202 g/mol. The summed E-state index contributed by atoms with van der Waals surface area (Å²) in [7, 11) is 0. The number of Topliss-reactive ketones (excluding diaryl/α,β-unsaturated/α-hetero) is 1. The van der Waals surface area contributed by atoms with Gasteiger partial charge in [-0.3, -0.25) is 4.79 Å². The fraction of sp³-hybridized carbons (Fsp3) is 0.769. The summed E-state index contributed by atoms with van der Waals surface area (Å²) in [6.07, 6.45) is 4.54. The van der Waals surface area contributed by atoms with Crippen LogP contribution >= 0.6 is 0 Å². The fourth-order valence-electron chi connectivity index (χ4n) is 2.57. The number of ketones is 1. The van der Waals surface area contributed by atoms with E-state index in [-0.39, 0.29) is 5.92 Å². The molecule has 2 bridgehead atoms. The smallest absolute Gasteiger partial charge is 0.139 e. The predicted octanol–water partition coefficient (Wildman–Crippen LogP) is 1.68. The van der Waals surface area contributed by atoms with Gasteiger partial charge in [-0.25, -0.2) is 0 Å². The van der Waals surface area contributed by atoms with Crippen LogP contribution in [0.3, 0.4) is 0 Å². The van der Waals surface area contributed by atoms with Crippen molar-refractivity contribution in [3.63, 3.8) is 0 Å². The van der Waals surface area contributed by atoms with Gasteiger partial charge in [-0.1, -0.05) is 11.6 Å². The van der Waals surface area contributed by atoms with Crippen LogP contribution in [0, 0.1) is 5.92 Å². The number of piperidine rings is 1. The van der Waals surface area contributed by atoms with Gasteiger partial charge in [-0.15, -0.1) is 0 Å². The summed E-state index contributed by atoms with van der Waals surface area (Å²) in [6.45, 7) is 5.61. The van der Waals surface area contributed by atoms with Gasteiger partial charge in [-0.05, 0) is 26.7 Å². The van der Waals surface area contributed by atoms with Gasteiger partial charge >= 0.3 is 0 Å². The molecule has 2 aliphatic heterocycles. The molecular formula is C13H21NO2. The van der Waals surface area contributed by atoms with Gasteiger partial charge in [0, 0.05) is 24.4 Å². The molecule has 0 aromatic heterocycles. The van der Waals surface area contributed by atoms with E-state index in [4.69, 9.17) is 4.74 Å². The van der Waals surface area contributed by atoms with Crippen molar-refractivity contribution in [1.29, 1.82) is 0 Å². The number of carbonyl (C=O) groups excluding carboxylic acids is 1. The first kappa shape index (κ1) is 11.8. The van der Waals surface area contributed by atoms with Gasteiger partial charge in [0.1, 0.15) is 5.78 Å². The second kappa shape index (κ2) is 5.11. The van der Waals surface area contributed by atoms with Crippen molar-refractivity contribution in [3.05, 3.63) is 11.6 Å². The Kier molecular flexibility index (Phi) is 3.77. The number of nitrogens with one attached hydrogen (secondary N) is 1. The molecule has 2 atom stereocenters. The van der Waals surface area contributed by atoms with Crippen LogP contribution < -0.4 is 5.32 Å². The maximum atomic E-state index is 12.0. The maximum Gasteiger partial charge on any atom is 0.139 e. The third-order valence-corrected chi connectivity index (χ3v) is 3.41. The van der Waals surface area contributed by atoms with Crippen LogP contribution in [-0.2, 0) is 9.53 Å². The summed E-state index contributed by atoms with van der Waals surface area (Å²) < 4.78 is 5.48. The first-order valence-corrected chi connectivity index (χ1v) is 6.15.